The molecule has 1 amide bonds. The van der Waals surface area contributed by atoms with E-state index >= 15 is 0 Å². The molecule has 3 heterocycles. The van der Waals surface area contributed by atoms with Gasteiger partial charge in [-0.3, -0.25) is 5.32 Å². The van der Waals surface area contributed by atoms with Gasteiger partial charge in [0.2, 0.25) is 0 Å². The highest BCUT2D eigenvalue weighted by molar-refractivity contribution is 6.74. The van der Waals surface area contributed by atoms with Crippen molar-refractivity contribution in [1.29, 1.82) is 0 Å². The van der Waals surface area contributed by atoms with Gasteiger partial charge in [0.1, 0.15) is 23.2 Å². The van der Waals surface area contributed by atoms with Gasteiger partial charge >= 0.3 is 6.09 Å². The first-order valence-corrected chi connectivity index (χ1v) is 24.9. The summed E-state index contributed by atoms with van der Waals surface area (Å²) in [5.74, 6) is 10.0. The zero-order valence-electron chi connectivity index (χ0n) is 34.6. The van der Waals surface area contributed by atoms with Crippen LogP contribution in [-0.4, -0.2) is 74.2 Å². The third-order valence-electron chi connectivity index (χ3n) is 11.6. The van der Waals surface area contributed by atoms with Crippen molar-refractivity contribution in [3.8, 4) is 23.2 Å². The highest BCUT2D eigenvalue weighted by Gasteiger charge is 2.54. The van der Waals surface area contributed by atoms with Crippen LogP contribution < -0.4 is 5.32 Å². The lowest BCUT2D eigenvalue weighted by atomic mass is 10.1. The molecule has 2 aliphatic rings. The lowest BCUT2D eigenvalue weighted by Crippen LogP contribution is -2.42. The number of imidazole rings is 1. The van der Waals surface area contributed by atoms with Gasteiger partial charge < -0.3 is 27.6 Å². The smallest absolute Gasteiger partial charge is 0.409 e. The van der Waals surface area contributed by atoms with Crippen LogP contribution >= 0.6 is 0 Å². The highest BCUT2D eigenvalue weighted by Crippen LogP contribution is 2.51. The second-order valence-electron chi connectivity index (χ2n) is 18.9. The zero-order valence-corrected chi connectivity index (χ0v) is 36.6. The normalized spacial score (nSPS) is 20.7. The Kier molecular flexibility index (Phi) is 11.7. The molecule has 1 saturated carbocycles. The van der Waals surface area contributed by atoms with Crippen LogP contribution in [0.25, 0.3) is 11.3 Å². The van der Waals surface area contributed by atoms with E-state index in [4.69, 9.17) is 18.1 Å². The van der Waals surface area contributed by atoms with Gasteiger partial charge in [0.25, 0.3) is 0 Å². The first-order chi connectivity index (χ1) is 24.5. The molecule has 1 unspecified atom stereocenters. The van der Waals surface area contributed by atoms with Crippen LogP contribution in [0.5, 0.6) is 0 Å². The van der Waals surface area contributed by atoms with E-state index in [0.29, 0.717) is 35.0 Å². The predicted octanol–water partition coefficient (Wildman–Crippen LogP) is 9.24. The van der Waals surface area contributed by atoms with E-state index in [9.17, 15) is 4.79 Å². The van der Waals surface area contributed by atoms with Gasteiger partial charge in [0, 0.05) is 61.7 Å². The summed E-state index contributed by atoms with van der Waals surface area (Å²) >= 11 is 0. The number of likely N-dealkylation sites (tertiary alicyclic amines) is 1. The molecule has 2 aromatic heterocycles. The van der Waals surface area contributed by atoms with Crippen molar-refractivity contribution in [2.45, 2.75) is 123 Å². The number of amides is 1. The Hall–Kier alpha value is -3.22. The summed E-state index contributed by atoms with van der Waals surface area (Å²) in [5, 5.41) is 7.68. The number of nitrogens with zero attached hydrogens (tertiary/aromatic N) is 4. The molecular weight excluding hydrogens is 699 g/mol. The number of rotatable bonds is 11. The lowest BCUT2D eigenvalue weighted by Gasteiger charge is -2.38. The average molecular weight is 762 g/mol. The van der Waals surface area contributed by atoms with Crippen LogP contribution in [0.3, 0.4) is 0 Å². The van der Waals surface area contributed by atoms with Gasteiger partial charge in [-0.15, -0.1) is 0 Å². The summed E-state index contributed by atoms with van der Waals surface area (Å²) in [6.07, 6.45) is 1.89. The first-order valence-electron chi connectivity index (χ1n) is 19.1. The number of hydrogen-bond acceptors (Lipinski definition) is 8. The summed E-state index contributed by atoms with van der Waals surface area (Å²) in [6, 6.07) is 9.90. The van der Waals surface area contributed by atoms with Crippen molar-refractivity contribution in [1.82, 2.24) is 24.9 Å². The minimum atomic E-state index is -2.12. The largest absolute Gasteiger partial charge is 0.444 e. The molecular formula is C41H63N5O5Si2. The number of nitrogens with one attached hydrogen (secondary N) is 1. The molecule has 2 fully saturated rings. The Morgan fingerprint density at radius 1 is 0.981 bits per heavy atom. The van der Waals surface area contributed by atoms with Crippen molar-refractivity contribution in [2.75, 3.05) is 26.2 Å². The van der Waals surface area contributed by atoms with Crippen LogP contribution in [0, 0.1) is 29.6 Å². The molecule has 1 aromatic carbocycles. The molecule has 1 aliphatic carbocycles. The second kappa shape index (κ2) is 15.1. The highest BCUT2D eigenvalue weighted by atomic mass is 28.4. The summed E-state index contributed by atoms with van der Waals surface area (Å²) < 4.78 is 26.5. The number of aromatic nitrogens is 3. The Morgan fingerprint density at radius 2 is 1.60 bits per heavy atom. The maximum absolute atomic E-state index is 13.1. The van der Waals surface area contributed by atoms with Gasteiger partial charge in [-0.25, -0.2) is 9.78 Å². The fourth-order valence-electron chi connectivity index (χ4n) is 6.33. The van der Waals surface area contributed by atoms with Crippen LogP contribution in [0.4, 0.5) is 4.79 Å². The van der Waals surface area contributed by atoms with Crippen molar-refractivity contribution < 1.29 is 22.9 Å². The van der Waals surface area contributed by atoms with Gasteiger partial charge in [-0.2, -0.15) is 0 Å². The monoisotopic (exact) mass is 761 g/mol. The minimum Gasteiger partial charge on any atom is -0.444 e. The number of piperidine rings is 1. The van der Waals surface area contributed by atoms with E-state index in [1.54, 1.807) is 6.20 Å². The number of fused-ring (bicyclic) bond motifs is 1. The number of carbonyl (C=O) groups is 1. The molecule has 1 saturated heterocycles. The fraction of sp³-hybridized carbons (Fsp3) is 0.634. The third-order valence-corrected chi connectivity index (χ3v) is 20.7. The average Bonchev–Trinajstić information content (AvgIpc) is 3.53. The molecule has 5 rings (SSSR count). The number of hydrogen-bond donors (Lipinski definition) is 1. The fourth-order valence-corrected chi connectivity index (χ4v) is 8.71. The maximum Gasteiger partial charge on any atom is 0.409 e. The summed E-state index contributed by atoms with van der Waals surface area (Å²) in [7, 11) is -3.82. The summed E-state index contributed by atoms with van der Waals surface area (Å²) in [4.78, 5) is 20.3. The molecule has 3 aromatic rings. The van der Waals surface area contributed by atoms with Crippen LogP contribution in [-0.2, 0) is 13.6 Å². The van der Waals surface area contributed by atoms with Gasteiger partial charge in [0.05, 0.1) is 0 Å². The molecule has 5 atom stereocenters. The molecule has 10 nitrogen and oxygen atoms in total. The van der Waals surface area contributed by atoms with Crippen LogP contribution in [0.15, 0.2) is 47.2 Å². The van der Waals surface area contributed by atoms with E-state index < -0.39 is 34.5 Å². The van der Waals surface area contributed by atoms with Gasteiger partial charge in [0.15, 0.2) is 28.6 Å². The zero-order chi connectivity index (χ0) is 39.1. The Balaban J connectivity index is 1.24. The quantitative estimate of drug-likeness (QED) is 0.152. The van der Waals surface area contributed by atoms with E-state index in [2.05, 4.69) is 99.9 Å². The summed E-state index contributed by atoms with van der Waals surface area (Å²) in [5.41, 5.74) is 1.67. The molecule has 290 valence electrons. The van der Waals surface area contributed by atoms with Crippen molar-refractivity contribution in [3.05, 3.63) is 59.8 Å². The third kappa shape index (κ3) is 9.91. The summed E-state index contributed by atoms with van der Waals surface area (Å²) in [6.45, 7) is 34.1. The molecule has 1 aliphatic heterocycles. The van der Waals surface area contributed by atoms with E-state index in [-0.39, 0.29) is 16.2 Å². The van der Waals surface area contributed by atoms with Gasteiger partial charge in [-0.1, -0.05) is 58.5 Å². The number of alkyl carbamates (subject to hydrolysis) is 1. The van der Waals surface area contributed by atoms with Crippen LogP contribution in [0.1, 0.15) is 98.6 Å². The SMILES string of the molecule is C[C@H](O[Si](C)(C)C(C)(C)C)c1nccn1[C@H](NC(=O)OC(C)(C)C)c1cc(-c2ccc(C#CC3[C@H]4CN(CCO[Si](C)(C)C(C)(C)C)C[C@@H]34)cc2)on1. The molecule has 0 spiro atoms. The second-order valence-corrected chi connectivity index (χ2v) is 28.5. The van der Waals surface area contributed by atoms with E-state index in [1.807, 2.05) is 68.8 Å². The first kappa shape index (κ1) is 41.0. The number of ether oxygens (including phenoxy) is 1. The number of carbonyl (C=O) groups excluding carboxylic acids is 1. The van der Waals surface area contributed by atoms with E-state index in [1.165, 1.54) is 0 Å². The Labute approximate surface area is 320 Å². The standard InChI is InChI=1S/C41H63N5O5Si2/c1-28(51-53(13,14)41(8,9)10)36-42-21-22-46(36)37(43-38(47)49-39(2,3)4)34-25-35(50-44-34)30-18-15-29(16-19-30)17-20-31-32-26-45(27-33(31)32)23-24-48-52(11,12)40(5,6)7/h15-16,18-19,21-22,25,28,31-33,37H,23-24,26-27H2,1-14H3,(H,43,47)/t28-,31?,32-,33+,37-/m0/s1. The maximum atomic E-state index is 13.1. The minimum absolute atomic E-state index is 0.0223. The topological polar surface area (TPSA) is 104 Å². The van der Waals surface area contributed by atoms with Crippen molar-refractivity contribution >= 4 is 22.7 Å². The Morgan fingerprint density at radius 3 is 2.19 bits per heavy atom. The van der Waals surface area contributed by atoms with Crippen LogP contribution in [0.2, 0.25) is 36.3 Å². The molecule has 0 bridgehead atoms. The molecule has 0 radical (unpaired) electrons. The molecule has 53 heavy (non-hydrogen) atoms. The molecule has 12 heteroatoms. The Bertz CT molecular complexity index is 1770. The number of benzene rings is 1. The predicted molar refractivity (Wildman–Crippen MR) is 215 cm³/mol. The van der Waals surface area contributed by atoms with Crippen molar-refractivity contribution in [3.63, 3.8) is 0 Å². The van der Waals surface area contributed by atoms with Crippen molar-refractivity contribution in [2.24, 2.45) is 17.8 Å². The van der Waals surface area contributed by atoms with E-state index in [0.717, 1.165) is 37.4 Å². The van der Waals surface area contributed by atoms with Gasteiger partial charge in [-0.05, 0) is 100 Å². The molecule has 1 N–H and O–H groups in total. The lowest BCUT2D eigenvalue weighted by molar-refractivity contribution is 0.0489.